The first kappa shape index (κ1) is 14.6. The number of aliphatic hydroxyl groups excluding tert-OH is 1. The van der Waals surface area contributed by atoms with Crippen molar-refractivity contribution < 1.29 is 9.90 Å². The van der Waals surface area contributed by atoms with E-state index in [0.717, 1.165) is 0 Å². The molecule has 0 aliphatic rings. The Labute approximate surface area is 106 Å². The third kappa shape index (κ3) is 3.78. The van der Waals surface area contributed by atoms with Crippen molar-refractivity contribution in [1.29, 1.82) is 0 Å². The van der Waals surface area contributed by atoms with Gasteiger partial charge in [-0.2, -0.15) is 0 Å². The fraction of sp³-hybridized carbons (Fsp3) is 0.727. The molecule has 1 rings (SSSR count). The van der Waals surface area contributed by atoms with Crippen LogP contribution >= 0.6 is 0 Å². The Bertz CT molecular complexity index is 408. The highest BCUT2D eigenvalue weighted by molar-refractivity contribution is 5.90. The molecule has 1 amide bonds. The molecule has 2 unspecified atom stereocenters. The van der Waals surface area contributed by atoms with Gasteiger partial charge in [-0.3, -0.25) is 9.89 Å². The smallest absolute Gasteiger partial charge is 0.291 e. The van der Waals surface area contributed by atoms with Gasteiger partial charge < -0.3 is 16.2 Å². The van der Waals surface area contributed by atoms with Crippen molar-refractivity contribution in [2.24, 2.45) is 5.73 Å². The van der Waals surface area contributed by atoms with Crippen molar-refractivity contribution in [3.8, 4) is 0 Å². The van der Waals surface area contributed by atoms with Gasteiger partial charge in [-0.05, 0) is 6.92 Å². The van der Waals surface area contributed by atoms with E-state index in [1.807, 2.05) is 20.8 Å². The summed E-state index contributed by atoms with van der Waals surface area (Å²) in [6, 6.07) is -0.505. The Hall–Kier alpha value is -1.47. The highest BCUT2D eigenvalue weighted by Gasteiger charge is 2.21. The molecule has 7 heteroatoms. The number of H-pyrrole nitrogens is 1. The Morgan fingerprint density at radius 2 is 2.17 bits per heavy atom. The number of aromatic amines is 1. The minimum atomic E-state index is -0.678. The lowest BCUT2D eigenvalue weighted by Crippen LogP contribution is -2.43. The van der Waals surface area contributed by atoms with Crippen LogP contribution in [0.25, 0.3) is 0 Å². The van der Waals surface area contributed by atoms with E-state index in [1.165, 1.54) is 0 Å². The van der Waals surface area contributed by atoms with Gasteiger partial charge in [-0.25, -0.2) is 4.98 Å². The second-order valence-corrected chi connectivity index (χ2v) is 5.37. The summed E-state index contributed by atoms with van der Waals surface area (Å²) in [5, 5.41) is 18.4. The van der Waals surface area contributed by atoms with Crippen LogP contribution in [0.2, 0.25) is 0 Å². The van der Waals surface area contributed by atoms with Gasteiger partial charge in [-0.15, -0.1) is 5.10 Å². The maximum absolute atomic E-state index is 11.7. The number of nitrogens with zero attached hydrogens (tertiary/aromatic N) is 2. The summed E-state index contributed by atoms with van der Waals surface area (Å²) >= 11 is 0. The predicted molar refractivity (Wildman–Crippen MR) is 67.1 cm³/mol. The van der Waals surface area contributed by atoms with Crippen molar-refractivity contribution in [2.45, 2.75) is 45.3 Å². The van der Waals surface area contributed by atoms with Crippen molar-refractivity contribution in [1.82, 2.24) is 20.5 Å². The molecule has 0 bridgehead atoms. The number of carbonyl (C=O) groups excluding carboxylic acids is 1. The van der Waals surface area contributed by atoms with E-state index >= 15 is 0 Å². The number of amides is 1. The summed E-state index contributed by atoms with van der Waals surface area (Å²) in [6.45, 7) is 7.66. The Morgan fingerprint density at radius 3 is 2.61 bits per heavy atom. The first-order valence-corrected chi connectivity index (χ1v) is 5.86. The zero-order valence-corrected chi connectivity index (χ0v) is 11.2. The fourth-order valence-corrected chi connectivity index (χ4v) is 1.16. The van der Waals surface area contributed by atoms with Gasteiger partial charge in [0.1, 0.15) is 5.82 Å². The van der Waals surface area contributed by atoms with Crippen LogP contribution in [0.3, 0.4) is 0 Å². The average Bonchev–Trinajstić information content (AvgIpc) is 2.73. The van der Waals surface area contributed by atoms with Crippen LogP contribution in [0.5, 0.6) is 0 Å². The van der Waals surface area contributed by atoms with Gasteiger partial charge in [0.2, 0.25) is 5.82 Å². The molecule has 18 heavy (non-hydrogen) atoms. The van der Waals surface area contributed by atoms with Gasteiger partial charge in [0, 0.05) is 18.0 Å². The topological polar surface area (TPSA) is 117 Å². The number of aliphatic hydroxyl groups is 1. The van der Waals surface area contributed by atoms with E-state index in [-0.39, 0.29) is 17.8 Å². The number of nitrogens with two attached hydrogens (primary N) is 1. The molecule has 102 valence electrons. The van der Waals surface area contributed by atoms with Gasteiger partial charge in [-0.1, -0.05) is 20.8 Å². The molecular weight excluding hydrogens is 234 g/mol. The van der Waals surface area contributed by atoms with E-state index in [4.69, 9.17) is 5.73 Å². The van der Waals surface area contributed by atoms with Crippen molar-refractivity contribution in [2.75, 3.05) is 6.54 Å². The molecule has 0 spiro atoms. The number of nitrogens with one attached hydrogen (secondary N) is 2. The Kier molecular flexibility index (Phi) is 4.42. The zero-order chi connectivity index (χ0) is 13.9. The van der Waals surface area contributed by atoms with Crippen LogP contribution in [0, 0.1) is 0 Å². The molecule has 0 radical (unpaired) electrons. The van der Waals surface area contributed by atoms with Crippen LogP contribution in [0.4, 0.5) is 0 Å². The lowest BCUT2D eigenvalue weighted by Gasteiger charge is -2.14. The van der Waals surface area contributed by atoms with E-state index < -0.39 is 18.1 Å². The zero-order valence-electron chi connectivity index (χ0n) is 11.2. The van der Waals surface area contributed by atoms with Crippen LogP contribution in [0.15, 0.2) is 0 Å². The minimum Gasteiger partial charge on any atom is -0.392 e. The molecule has 1 aromatic heterocycles. The summed E-state index contributed by atoms with van der Waals surface area (Å²) < 4.78 is 0. The Balaban J connectivity index is 2.60. The SMILES string of the molecule is CC(O)C(N)CNC(=O)c1n[nH]c(C(C)(C)C)n1. The lowest BCUT2D eigenvalue weighted by molar-refractivity contribution is 0.0927. The molecule has 1 heterocycles. The highest BCUT2D eigenvalue weighted by atomic mass is 16.3. The quantitative estimate of drug-likeness (QED) is 0.581. The summed E-state index contributed by atoms with van der Waals surface area (Å²) in [4.78, 5) is 15.8. The molecule has 0 aromatic carbocycles. The number of rotatable bonds is 4. The van der Waals surface area contributed by atoms with Gasteiger partial charge in [0.15, 0.2) is 0 Å². The number of aromatic nitrogens is 3. The van der Waals surface area contributed by atoms with E-state index in [1.54, 1.807) is 6.92 Å². The maximum atomic E-state index is 11.7. The monoisotopic (exact) mass is 255 g/mol. The molecule has 0 aliphatic carbocycles. The predicted octanol–water partition coefficient (Wildman–Crippen LogP) is -0.460. The van der Waals surface area contributed by atoms with Crippen LogP contribution in [0.1, 0.15) is 44.1 Å². The highest BCUT2D eigenvalue weighted by Crippen LogP contribution is 2.17. The molecule has 7 nitrogen and oxygen atoms in total. The first-order chi connectivity index (χ1) is 8.21. The van der Waals surface area contributed by atoms with Gasteiger partial charge in [0.05, 0.1) is 6.10 Å². The van der Waals surface area contributed by atoms with Crippen LogP contribution in [-0.2, 0) is 5.41 Å². The molecule has 2 atom stereocenters. The van der Waals surface area contributed by atoms with Crippen molar-refractivity contribution in [3.05, 3.63) is 11.6 Å². The third-order valence-electron chi connectivity index (χ3n) is 2.52. The number of carbonyl (C=O) groups is 1. The summed E-state index contributed by atoms with van der Waals surface area (Å²) in [5.74, 6) is 0.322. The molecule has 0 aliphatic heterocycles. The second-order valence-electron chi connectivity index (χ2n) is 5.37. The largest absolute Gasteiger partial charge is 0.392 e. The summed E-state index contributed by atoms with van der Waals surface area (Å²) in [5.41, 5.74) is 5.41. The lowest BCUT2D eigenvalue weighted by atomic mass is 9.96. The van der Waals surface area contributed by atoms with E-state index in [2.05, 4.69) is 20.5 Å². The summed E-state index contributed by atoms with van der Waals surface area (Å²) in [7, 11) is 0. The molecule has 0 saturated heterocycles. The molecular formula is C11H21N5O2. The molecule has 0 fully saturated rings. The van der Waals surface area contributed by atoms with E-state index in [9.17, 15) is 9.90 Å². The minimum absolute atomic E-state index is 0.0812. The number of hydrogen-bond donors (Lipinski definition) is 4. The van der Waals surface area contributed by atoms with Gasteiger partial charge in [0.25, 0.3) is 5.91 Å². The second kappa shape index (κ2) is 5.45. The number of hydrogen-bond acceptors (Lipinski definition) is 5. The van der Waals surface area contributed by atoms with Crippen LogP contribution in [-0.4, -0.2) is 44.9 Å². The van der Waals surface area contributed by atoms with Crippen molar-refractivity contribution in [3.63, 3.8) is 0 Å². The molecule has 5 N–H and O–H groups in total. The van der Waals surface area contributed by atoms with Crippen molar-refractivity contribution >= 4 is 5.91 Å². The maximum Gasteiger partial charge on any atom is 0.291 e. The Morgan fingerprint density at radius 1 is 1.56 bits per heavy atom. The molecule has 0 saturated carbocycles. The van der Waals surface area contributed by atoms with Crippen LogP contribution < -0.4 is 11.1 Å². The standard InChI is InChI=1S/C11H21N5O2/c1-6(17)7(12)5-13-9(18)8-14-10(16-15-8)11(2,3)4/h6-7,17H,5,12H2,1-4H3,(H,13,18)(H,14,15,16). The summed E-state index contributed by atoms with van der Waals surface area (Å²) in [6.07, 6.45) is -0.678. The average molecular weight is 255 g/mol. The fourth-order valence-electron chi connectivity index (χ4n) is 1.16. The first-order valence-electron chi connectivity index (χ1n) is 5.86. The van der Waals surface area contributed by atoms with Gasteiger partial charge >= 0.3 is 0 Å². The van der Waals surface area contributed by atoms with E-state index in [0.29, 0.717) is 5.82 Å². The normalized spacial score (nSPS) is 15.2. The third-order valence-corrected chi connectivity index (χ3v) is 2.52. The molecule has 1 aromatic rings.